The van der Waals surface area contributed by atoms with Gasteiger partial charge >= 0.3 is 11.4 Å². The summed E-state index contributed by atoms with van der Waals surface area (Å²) in [4.78, 5) is 76.8. The van der Waals surface area contributed by atoms with Crippen LogP contribution in [0.3, 0.4) is 0 Å². The van der Waals surface area contributed by atoms with Crippen molar-refractivity contribution in [2.75, 3.05) is 36.5 Å². The number of fused-ring (bicyclic) bond motifs is 4. The van der Waals surface area contributed by atoms with Crippen LogP contribution in [0.1, 0.15) is 24.3 Å². The number of alkyl halides is 3. The van der Waals surface area contributed by atoms with Gasteiger partial charge in [0.1, 0.15) is 11.5 Å². The molecule has 1 N–H and O–H groups in total. The second-order valence-corrected chi connectivity index (χ2v) is 13.9. The number of phenols is 1. The Hall–Kier alpha value is -4.28. The van der Waals surface area contributed by atoms with Gasteiger partial charge < -0.3 is 14.7 Å². The van der Waals surface area contributed by atoms with E-state index in [-0.39, 0.29) is 46.7 Å². The number of nitro groups is 2. The number of phenolic OH excluding ortho intramolecular Hbond substituents is 1. The number of benzene rings is 2. The lowest BCUT2D eigenvalue weighted by Gasteiger charge is -2.50. The molecule has 6 atom stereocenters. The number of aromatic hydroxyl groups is 1. The number of halogens is 3. The number of nitrogens with zero attached hydrogens (tertiary/aromatic N) is 5. The number of ether oxygens (including phenoxy) is 1. The van der Waals surface area contributed by atoms with Crippen LogP contribution < -0.4 is 14.5 Å². The number of anilines is 2. The summed E-state index contributed by atoms with van der Waals surface area (Å²) in [6.45, 7) is 0. The van der Waals surface area contributed by atoms with E-state index < -0.39 is 78.3 Å². The quantitative estimate of drug-likeness (QED) is 0.106. The number of amides is 4. The molecule has 18 heteroatoms. The summed E-state index contributed by atoms with van der Waals surface area (Å²) in [6.07, 6.45) is 1.25. The Morgan fingerprint density at radius 2 is 1.65 bits per heavy atom. The van der Waals surface area contributed by atoms with E-state index in [1.54, 1.807) is 6.08 Å². The van der Waals surface area contributed by atoms with Crippen molar-refractivity contribution in [3.63, 3.8) is 0 Å². The van der Waals surface area contributed by atoms with Crippen molar-refractivity contribution in [1.29, 1.82) is 0 Å². The maximum Gasteiger partial charge on any atom is 0.301 e. The zero-order chi connectivity index (χ0) is 35.2. The molecule has 6 rings (SSSR count). The summed E-state index contributed by atoms with van der Waals surface area (Å²) in [7, 11) is 4.15. The molecule has 2 aromatic carbocycles. The molecule has 2 aliphatic carbocycles. The van der Waals surface area contributed by atoms with E-state index in [2.05, 4.69) is 15.9 Å². The average molecular weight is 767 g/mol. The van der Waals surface area contributed by atoms with Gasteiger partial charge in [0.05, 0.1) is 39.9 Å². The number of hydrogen-bond acceptors (Lipinski definition) is 11. The van der Waals surface area contributed by atoms with Crippen LogP contribution in [0, 0.1) is 38.0 Å². The summed E-state index contributed by atoms with van der Waals surface area (Å²) < 4.78 is 5.21. The molecule has 4 amide bonds. The summed E-state index contributed by atoms with van der Waals surface area (Å²) in [6, 6.07) is 6.16. The van der Waals surface area contributed by atoms with Crippen LogP contribution >= 0.6 is 39.1 Å². The summed E-state index contributed by atoms with van der Waals surface area (Å²) >= 11 is 17.5. The van der Waals surface area contributed by atoms with E-state index in [4.69, 9.17) is 27.9 Å². The second-order valence-electron chi connectivity index (χ2n) is 12.2. The van der Waals surface area contributed by atoms with Crippen LogP contribution in [0.15, 0.2) is 42.0 Å². The van der Waals surface area contributed by atoms with Crippen molar-refractivity contribution in [3.05, 3.63) is 67.8 Å². The van der Waals surface area contributed by atoms with E-state index in [0.717, 1.165) is 17.0 Å². The second kappa shape index (κ2) is 11.4. The molecule has 0 aromatic heterocycles. The van der Waals surface area contributed by atoms with Crippen molar-refractivity contribution >= 4 is 85.5 Å². The molecule has 0 spiro atoms. The third kappa shape index (κ3) is 4.38. The molecule has 48 heavy (non-hydrogen) atoms. The van der Waals surface area contributed by atoms with E-state index in [1.165, 1.54) is 44.3 Å². The highest BCUT2D eigenvalue weighted by molar-refractivity contribution is 9.09. The predicted octanol–water partition coefficient (Wildman–Crippen LogP) is 4.20. The maximum atomic E-state index is 14.3. The minimum absolute atomic E-state index is 0.0441. The van der Waals surface area contributed by atoms with E-state index in [0.29, 0.717) is 10.5 Å². The number of carbonyl (C=O) groups excluding carboxylic acids is 4. The van der Waals surface area contributed by atoms with Gasteiger partial charge in [-0.05, 0) is 24.8 Å². The minimum atomic E-state index is -2.16. The van der Waals surface area contributed by atoms with Gasteiger partial charge in [0.25, 0.3) is 11.8 Å². The first-order valence-electron chi connectivity index (χ1n) is 14.4. The predicted molar refractivity (Wildman–Crippen MR) is 175 cm³/mol. The van der Waals surface area contributed by atoms with Crippen LogP contribution in [0.5, 0.6) is 11.5 Å². The van der Waals surface area contributed by atoms with Crippen LogP contribution in [0.4, 0.5) is 22.7 Å². The first kappa shape index (κ1) is 33.6. The molecule has 2 saturated heterocycles. The van der Waals surface area contributed by atoms with Gasteiger partial charge in [0, 0.05) is 43.8 Å². The molecule has 1 saturated carbocycles. The fourth-order valence-electron chi connectivity index (χ4n) is 7.70. The fourth-order valence-corrected chi connectivity index (χ4v) is 9.12. The van der Waals surface area contributed by atoms with Gasteiger partial charge in [0.2, 0.25) is 11.8 Å². The molecule has 0 bridgehead atoms. The van der Waals surface area contributed by atoms with Crippen LogP contribution in [-0.2, 0) is 19.2 Å². The molecular formula is C30H26BrCl2N5O10. The smallest absolute Gasteiger partial charge is 0.301 e. The van der Waals surface area contributed by atoms with Crippen molar-refractivity contribution in [2.45, 2.75) is 28.5 Å². The topological polar surface area (TPSA) is 194 Å². The lowest BCUT2D eigenvalue weighted by molar-refractivity contribution is -0.392. The summed E-state index contributed by atoms with van der Waals surface area (Å²) in [5.41, 5.74) is -1.80. The van der Waals surface area contributed by atoms with E-state index in [9.17, 15) is 44.5 Å². The Morgan fingerprint density at radius 1 is 1.02 bits per heavy atom. The molecule has 3 fully saturated rings. The van der Waals surface area contributed by atoms with Crippen LogP contribution in [-0.4, -0.2) is 79.9 Å². The Kier molecular flexibility index (Phi) is 7.99. The third-order valence-electron chi connectivity index (χ3n) is 9.72. The van der Waals surface area contributed by atoms with Gasteiger partial charge in [-0.15, -0.1) is 23.2 Å². The Bertz CT molecular complexity index is 1850. The van der Waals surface area contributed by atoms with Gasteiger partial charge in [0.15, 0.2) is 15.4 Å². The van der Waals surface area contributed by atoms with Gasteiger partial charge in [-0.2, -0.15) is 0 Å². The van der Waals surface area contributed by atoms with E-state index >= 15 is 0 Å². The standard InChI is InChI=1S/C30H26BrCl2N5O10/c1-34(2)24-19(37(44)45)8-13(9-20(24)38(46)47)36-25(40)17-7-6-15-18(22(17)26(36)41)11-29(32)27(42)35(12-31)28(43)30(29,33)23(15)16-5-4-14(48-3)10-21(16)39/h4-6,8-10,17-18,22-23,39H,7,11-12H2,1-3H3. The molecule has 252 valence electrons. The highest BCUT2D eigenvalue weighted by Gasteiger charge is 2.76. The van der Waals surface area contributed by atoms with Gasteiger partial charge in [-0.3, -0.25) is 44.3 Å². The van der Waals surface area contributed by atoms with Crippen molar-refractivity contribution in [1.82, 2.24) is 4.90 Å². The Balaban J connectivity index is 1.52. The minimum Gasteiger partial charge on any atom is -0.508 e. The largest absolute Gasteiger partial charge is 0.508 e. The summed E-state index contributed by atoms with van der Waals surface area (Å²) in [5, 5.41) is 35.2. The molecule has 2 aliphatic heterocycles. The highest BCUT2D eigenvalue weighted by atomic mass is 79.9. The van der Waals surface area contributed by atoms with Crippen LogP contribution in [0.2, 0.25) is 0 Å². The first-order chi connectivity index (χ1) is 22.5. The number of hydrogen-bond donors (Lipinski definition) is 1. The molecule has 15 nitrogen and oxygen atoms in total. The normalized spacial score (nSPS) is 29.3. The maximum absolute atomic E-state index is 14.3. The monoisotopic (exact) mass is 765 g/mol. The number of methoxy groups -OCH3 is 1. The zero-order valence-corrected chi connectivity index (χ0v) is 28.5. The lowest BCUT2D eigenvalue weighted by Crippen LogP contribution is -2.60. The van der Waals surface area contributed by atoms with E-state index in [1.807, 2.05) is 0 Å². The molecular weight excluding hydrogens is 741 g/mol. The number of likely N-dealkylation sites (tertiary alicyclic amines) is 1. The Morgan fingerprint density at radius 3 is 2.17 bits per heavy atom. The van der Waals surface area contributed by atoms with Crippen LogP contribution in [0.25, 0.3) is 0 Å². The third-order valence-corrected chi connectivity index (χ3v) is 11.6. The highest BCUT2D eigenvalue weighted by Crippen LogP contribution is 2.66. The Labute approximate surface area is 290 Å². The van der Waals surface area contributed by atoms with Crippen molar-refractivity contribution < 1.29 is 38.9 Å². The number of nitro benzene ring substituents is 2. The number of rotatable bonds is 7. The molecule has 2 aromatic rings. The first-order valence-corrected chi connectivity index (χ1v) is 16.3. The number of allylic oxidation sites excluding steroid dienone is 2. The zero-order valence-electron chi connectivity index (χ0n) is 25.4. The molecule has 0 radical (unpaired) electrons. The molecule has 6 unspecified atom stereocenters. The lowest BCUT2D eigenvalue weighted by atomic mass is 9.56. The summed E-state index contributed by atoms with van der Waals surface area (Å²) in [5.74, 6) is -7.72. The van der Waals surface area contributed by atoms with Crippen molar-refractivity contribution in [3.8, 4) is 11.5 Å². The van der Waals surface area contributed by atoms with Gasteiger partial charge in [-0.25, -0.2) is 4.90 Å². The average Bonchev–Trinajstić information content (AvgIpc) is 3.37. The SMILES string of the molecule is COc1ccc(C2C3=CCC4C(=O)N(c5cc([N+](=O)[O-])c(N(C)C)c([N+](=O)[O-])c5)C(=O)C4C3CC3(Cl)C(=O)N(CBr)C(=O)C23Cl)c(O)c1. The molecule has 2 heterocycles. The fraction of sp³-hybridized carbons (Fsp3) is 0.400. The molecule has 4 aliphatic rings. The number of imide groups is 2. The van der Waals surface area contributed by atoms with Gasteiger partial charge in [-0.1, -0.05) is 33.6 Å². The number of carbonyl (C=O) groups is 4. The van der Waals surface area contributed by atoms with Crippen molar-refractivity contribution in [2.24, 2.45) is 17.8 Å².